The highest BCUT2D eigenvalue weighted by molar-refractivity contribution is 6.02. The molecule has 16 heavy (non-hydrogen) atoms. The van der Waals surface area contributed by atoms with E-state index in [1.165, 1.54) is 12.7 Å². The van der Waals surface area contributed by atoms with Gasteiger partial charge in [-0.3, -0.25) is 0 Å². The normalized spacial score (nSPS) is 10.4. The Morgan fingerprint density at radius 1 is 1.38 bits per heavy atom. The lowest BCUT2D eigenvalue weighted by atomic mass is 10.0. The van der Waals surface area contributed by atoms with Gasteiger partial charge in [-0.15, -0.1) is 0 Å². The zero-order valence-electron chi connectivity index (χ0n) is 9.36. The highest BCUT2D eigenvalue weighted by Gasteiger charge is 2.11. The van der Waals surface area contributed by atoms with Crippen molar-refractivity contribution in [2.24, 2.45) is 0 Å². The third kappa shape index (κ3) is 1.76. The topological polar surface area (TPSA) is 39.2 Å². The molecule has 82 valence electrons. The van der Waals surface area contributed by atoms with Gasteiger partial charge in [-0.1, -0.05) is 19.1 Å². The van der Waals surface area contributed by atoms with Crippen molar-refractivity contribution >= 4 is 16.7 Å². The van der Waals surface area contributed by atoms with Gasteiger partial charge >= 0.3 is 5.97 Å². The zero-order valence-corrected chi connectivity index (χ0v) is 9.36. The van der Waals surface area contributed by atoms with Crippen molar-refractivity contribution in [1.29, 1.82) is 0 Å². The van der Waals surface area contributed by atoms with Crippen molar-refractivity contribution in [3.63, 3.8) is 0 Å². The van der Waals surface area contributed by atoms with Gasteiger partial charge in [0.05, 0.1) is 7.11 Å². The number of rotatable bonds is 2. The molecule has 1 aromatic heterocycles. The fraction of sp³-hybridized carbons (Fsp3) is 0.231. The predicted octanol–water partition coefficient (Wildman–Crippen LogP) is 2.58. The summed E-state index contributed by atoms with van der Waals surface area (Å²) >= 11 is 0. The number of hydrogen-bond acceptors (Lipinski definition) is 3. The average molecular weight is 215 g/mol. The number of pyridine rings is 1. The largest absolute Gasteiger partial charge is 0.464 e. The Morgan fingerprint density at radius 3 is 2.88 bits per heavy atom. The minimum atomic E-state index is -0.390. The molecular weight excluding hydrogens is 202 g/mol. The lowest BCUT2D eigenvalue weighted by molar-refractivity contribution is 0.0596. The molecule has 1 aromatic carbocycles. The number of ether oxygens (including phenoxy) is 1. The summed E-state index contributed by atoms with van der Waals surface area (Å²) in [5, 5.41) is 1.86. The monoisotopic (exact) mass is 215 g/mol. The first-order valence-electron chi connectivity index (χ1n) is 5.22. The lowest BCUT2D eigenvalue weighted by Gasteiger charge is -2.05. The second-order valence-corrected chi connectivity index (χ2v) is 3.56. The van der Waals surface area contributed by atoms with E-state index in [2.05, 4.69) is 18.0 Å². The molecule has 0 saturated carbocycles. The molecule has 3 nitrogen and oxygen atoms in total. The van der Waals surface area contributed by atoms with E-state index < -0.39 is 0 Å². The lowest BCUT2D eigenvalue weighted by Crippen LogP contribution is -2.04. The van der Waals surface area contributed by atoms with E-state index in [-0.39, 0.29) is 5.97 Å². The quantitative estimate of drug-likeness (QED) is 0.723. The van der Waals surface area contributed by atoms with Crippen molar-refractivity contribution < 1.29 is 9.53 Å². The molecule has 0 aliphatic heterocycles. The number of aromatic nitrogens is 1. The minimum absolute atomic E-state index is 0.385. The molecule has 0 aliphatic rings. The molecule has 0 spiro atoms. The molecule has 0 aliphatic carbocycles. The summed E-state index contributed by atoms with van der Waals surface area (Å²) in [5.74, 6) is -0.390. The maximum atomic E-state index is 11.5. The second kappa shape index (κ2) is 4.31. The molecule has 0 unspecified atom stereocenters. The number of carbonyl (C=O) groups excluding carboxylic acids is 1. The Balaban J connectivity index is 2.68. The van der Waals surface area contributed by atoms with Crippen molar-refractivity contribution in [3.05, 3.63) is 41.7 Å². The summed E-state index contributed by atoms with van der Waals surface area (Å²) < 4.78 is 4.72. The van der Waals surface area contributed by atoms with Gasteiger partial charge in [0.25, 0.3) is 0 Å². The summed E-state index contributed by atoms with van der Waals surface area (Å²) in [4.78, 5) is 15.6. The van der Waals surface area contributed by atoms with Crippen LogP contribution >= 0.6 is 0 Å². The van der Waals surface area contributed by atoms with Crippen molar-refractivity contribution in [2.45, 2.75) is 13.3 Å². The Kier molecular flexibility index (Phi) is 2.86. The van der Waals surface area contributed by atoms with Crippen LogP contribution in [0.4, 0.5) is 0 Å². The van der Waals surface area contributed by atoms with Crippen LogP contribution in [0.25, 0.3) is 10.8 Å². The highest BCUT2D eigenvalue weighted by Crippen LogP contribution is 2.19. The van der Waals surface area contributed by atoms with Gasteiger partial charge < -0.3 is 4.74 Å². The highest BCUT2D eigenvalue weighted by atomic mass is 16.5. The van der Waals surface area contributed by atoms with E-state index in [0.717, 1.165) is 17.2 Å². The van der Waals surface area contributed by atoms with Crippen LogP contribution in [0.3, 0.4) is 0 Å². The number of fused-ring (bicyclic) bond motifs is 1. The maximum Gasteiger partial charge on any atom is 0.357 e. The fourth-order valence-electron chi connectivity index (χ4n) is 1.69. The standard InChI is InChI=1S/C13H13NO2/c1-3-9-4-5-10-6-7-14-12(11(10)8-9)13(15)16-2/h4-8H,3H2,1-2H3. The number of benzene rings is 1. The van der Waals surface area contributed by atoms with Crippen molar-refractivity contribution in [2.75, 3.05) is 7.11 Å². The Bertz CT molecular complexity index is 534. The zero-order chi connectivity index (χ0) is 11.5. The number of aryl methyl sites for hydroxylation is 1. The molecule has 2 rings (SSSR count). The van der Waals surface area contributed by atoms with Gasteiger partial charge in [0, 0.05) is 11.6 Å². The summed E-state index contributed by atoms with van der Waals surface area (Å²) in [6.45, 7) is 2.08. The van der Waals surface area contributed by atoms with E-state index >= 15 is 0 Å². The smallest absolute Gasteiger partial charge is 0.357 e. The van der Waals surface area contributed by atoms with Crippen LogP contribution in [0.1, 0.15) is 23.0 Å². The molecule has 0 fully saturated rings. The van der Waals surface area contributed by atoms with Gasteiger partial charge in [-0.05, 0) is 29.5 Å². The molecule has 0 radical (unpaired) electrons. The summed E-state index contributed by atoms with van der Waals surface area (Å²) in [5.41, 5.74) is 1.57. The van der Waals surface area contributed by atoms with Crippen LogP contribution in [-0.2, 0) is 11.2 Å². The minimum Gasteiger partial charge on any atom is -0.464 e. The SMILES string of the molecule is CCc1ccc2ccnc(C(=O)OC)c2c1. The van der Waals surface area contributed by atoms with Gasteiger partial charge in [0.1, 0.15) is 0 Å². The van der Waals surface area contributed by atoms with Crippen LogP contribution < -0.4 is 0 Å². The first-order chi connectivity index (χ1) is 7.76. The van der Waals surface area contributed by atoms with Crippen LogP contribution in [0.5, 0.6) is 0 Å². The molecule has 0 bridgehead atoms. The van der Waals surface area contributed by atoms with Crippen molar-refractivity contribution in [1.82, 2.24) is 4.98 Å². The van der Waals surface area contributed by atoms with E-state index in [0.29, 0.717) is 5.69 Å². The molecule has 0 saturated heterocycles. The number of carbonyl (C=O) groups is 1. The number of hydrogen-bond donors (Lipinski definition) is 0. The molecule has 2 aromatic rings. The second-order valence-electron chi connectivity index (χ2n) is 3.56. The molecule has 1 heterocycles. The first-order valence-corrected chi connectivity index (χ1v) is 5.22. The van der Waals surface area contributed by atoms with Crippen LogP contribution in [0, 0.1) is 0 Å². The van der Waals surface area contributed by atoms with E-state index in [1.807, 2.05) is 18.2 Å². The number of esters is 1. The van der Waals surface area contributed by atoms with Crippen LogP contribution in [0.15, 0.2) is 30.5 Å². The molecule has 3 heteroatoms. The van der Waals surface area contributed by atoms with E-state index in [4.69, 9.17) is 4.74 Å². The third-order valence-corrected chi connectivity index (χ3v) is 2.62. The summed E-state index contributed by atoms with van der Waals surface area (Å²) in [6.07, 6.45) is 2.56. The third-order valence-electron chi connectivity index (χ3n) is 2.62. The molecular formula is C13H13NO2. The predicted molar refractivity (Wildman–Crippen MR) is 62.5 cm³/mol. The molecule has 0 N–H and O–H groups in total. The number of methoxy groups -OCH3 is 1. The Hall–Kier alpha value is -1.90. The number of nitrogens with zero attached hydrogens (tertiary/aromatic N) is 1. The first kappa shape index (κ1) is 10.6. The van der Waals surface area contributed by atoms with E-state index in [1.54, 1.807) is 6.20 Å². The van der Waals surface area contributed by atoms with Gasteiger partial charge in [0.2, 0.25) is 0 Å². The van der Waals surface area contributed by atoms with Crippen LogP contribution in [0.2, 0.25) is 0 Å². The molecule has 0 amide bonds. The maximum absolute atomic E-state index is 11.5. The van der Waals surface area contributed by atoms with Gasteiger partial charge in [-0.2, -0.15) is 0 Å². The Labute approximate surface area is 94.1 Å². The summed E-state index contributed by atoms with van der Waals surface area (Å²) in [7, 11) is 1.37. The van der Waals surface area contributed by atoms with Gasteiger partial charge in [-0.25, -0.2) is 9.78 Å². The van der Waals surface area contributed by atoms with Crippen molar-refractivity contribution in [3.8, 4) is 0 Å². The van der Waals surface area contributed by atoms with Crippen LogP contribution in [-0.4, -0.2) is 18.1 Å². The van der Waals surface area contributed by atoms with E-state index in [9.17, 15) is 4.79 Å². The average Bonchev–Trinajstić information content (AvgIpc) is 2.36. The summed E-state index contributed by atoms with van der Waals surface area (Å²) in [6, 6.07) is 7.95. The Morgan fingerprint density at radius 2 is 2.19 bits per heavy atom. The van der Waals surface area contributed by atoms with Gasteiger partial charge in [0.15, 0.2) is 5.69 Å². The molecule has 0 atom stereocenters. The fourth-order valence-corrected chi connectivity index (χ4v) is 1.69.